The Kier molecular flexibility index (Phi) is 3.39. The lowest BCUT2D eigenvalue weighted by molar-refractivity contribution is 0.537. The van der Waals surface area contributed by atoms with E-state index in [-0.39, 0.29) is 0 Å². The average molecular weight is 232 g/mol. The topological polar surface area (TPSA) is 54.2 Å². The number of rotatable bonds is 4. The van der Waals surface area contributed by atoms with E-state index in [9.17, 15) is 0 Å². The molecule has 0 aromatic carbocycles. The predicted octanol–water partition coefficient (Wildman–Crippen LogP) is 1.87. The fourth-order valence-electron chi connectivity index (χ4n) is 1.53. The van der Waals surface area contributed by atoms with Crippen LogP contribution in [0.3, 0.4) is 0 Å². The number of aryl methyl sites for hydroxylation is 1. The lowest BCUT2D eigenvalue weighted by Gasteiger charge is -2.15. The summed E-state index contributed by atoms with van der Waals surface area (Å²) < 4.78 is 5.55. The molecule has 0 aliphatic rings. The smallest absolute Gasteiger partial charge is 0.200 e. The maximum atomic E-state index is 5.55. The van der Waals surface area contributed by atoms with E-state index in [1.54, 1.807) is 6.20 Å². The average Bonchev–Trinajstić information content (AvgIpc) is 2.76. The minimum atomic E-state index is 0.652. The summed E-state index contributed by atoms with van der Waals surface area (Å²) in [5.41, 5.74) is 0. The van der Waals surface area contributed by atoms with Gasteiger partial charge >= 0.3 is 0 Å². The largest absolute Gasteiger partial charge is 0.445 e. The first-order valence-corrected chi connectivity index (χ1v) is 5.47. The second kappa shape index (κ2) is 4.97. The lowest BCUT2D eigenvalue weighted by Crippen LogP contribution is -2.14. The molecule has 5 heteroatoms. The first kappa shape index (κ1) is 11.6. The zero-order valence-corrected chi connectivity index (χ0v) is 10.3. The van der Waals surface area contributed by atoms with Gasteiger partial charge in [0, 0.05) is 19.3 Å². The van der Waals surface area contributed by atoms with E-state index in [0.29, 0.717) is 6.54 Å². The number of hydrogen-bond donors (Lipinski definition) is 1. The van der Waals surface area contributed by atoms with Crippen molar-refractivity contribution >= 4 is 11.7 Å². The summed E-state index contributed by atoms with van der Waals surface area (Å²) in [6, 6.07) is 5.72. The molecule has 0 aliphatic carbocycles. The molecule has 2 aromatic rings. The zero-order chi connectivity index (χ0) is 12.3. The summed E-state index contributed by atoms with van der Waals surface area (Å²) in [6.45, 7) is 2.57. The third-order valence-electron chi connectivity index (χ3n) is 2.43. The summed E-state index contributed by atoms with van der Waals surface area (Å²) in [4.78, 5) is 10.5. The molecule has 0 radical (unpaired) electrons. The summed E-state index contributed by atoms with van der Waals surface area (Å²) >= 11 is 0. The normalized spacial score (nSPS) is 10.5. The van der Waals surface area contributed by atoms with Crippen LogP contribution in [-0.4, -0.2) is 24.1 Å². The van der Waals surface area contributed by atoms with Gasteiger partial charge in [-0.3, -0.25) is 4.90 Å². The molecular formula is C12H16N4O. The van der Waals surface area contributed by atoms with E-state index in [2.05, 4.69) is 15.3 Å². The fourth-order valence-corrected chi connectivity index (χ4v) is 1.53. The molecule has 2 heterocycles. The Bertz CT molecular complexity index is 495. The summed E-state index contributed by atoms with van der Waals surface area (Å²) in [7, 11) is 3.79. The molecule has 2 rings (SSSR count). The maximum Gasteiger partial charge on any atom is 0.200 e. The van der Waals surface area contributed by atoms with Gasteiger partial charge in [-0.15, -0.1) is 0 Å². The van der Waals surface area contributed by atoms with Crippen LogP contribution in [0.15, 0.2) is 28.8 Å². The first-order valence-electron chi connectivity index (χ1n) is 5.47. The van der Waals surface area contributed by atoms with Crippen molar-refractivity contribution in [3.8, 4) is 0 Å². The van der Waals surface area contributed by atoms with Crippen LogP contribution in [-0.2, 0) is 6.54 Å². The monoisotopic (exact) mass is 232 g/mol. The van der Waals surface area contributed by atoms with Crippen LogP contribution < -0.4 is 10.2 Å². The van der Waals surface area contributed by atoms with Gasteiger partial charge in [0.2, 0.25) is 5.88 Å². The Labute approximate surface area is 100 Å². The van der Waals surface area contributed by atoms with Crippen LogP contribution in [0.2, 0.25) is 0 Å². The molecule has 0 bridgehead atoms. The van der Waals surface area contributed by atoms with Crippen LogP contribution in [0.25, 0.3) is 0 Å². The fraction of sp³-hybridized carbons (Fsp3) is 0.333. The van der Waals surface area contributed by atoms with Gasteiger partial charge in [0.15, 0.2) is 0 Å². The van der Waals surface area contributed by atoms with E-state index in [0.717, 1.165) is 23.3 Å². The first-order chi connectivity index (χ1) is 8.20. The second-order valence-electron chi connectivity index (χ2n) is 3.80. The highest BCUT2D eigenvalue weighted by Gasteiger charge is 2.09. The molecular weight excluding hydrogens is 216 g/mol. The summed E-state index contributed by atoms with van der Waals surface area (Å²) in [6.07, 6.45) is 1.75. The summed E-state index contributed by atoms with van der Waals surface area (Å²) in [5.74, 6) is 3.24. The van der Waals surface area contributed by atoms with Crippen LogP contribution in [0.1, 0.15) is 11.6 Å². The van der Waals surface area contributed by atoms with E-state index < -0.39 is 0 Å². The van der Waals surface area contributed by atoms with Crippen LogP contribution in [0, 0.1) is 6.92 Å². The molecule has 1 N–H and O–H groups in total. The zero-order valence-electron chi connectivity index (χ0n) is 10.3. The van der Waals surface area contributed by atoms with Crippen molar-refractivity contribution in [3.05, 3.63) is 36.0 Å². The van der Waals surface area contributed by atoms with E-state index in [1.165, 1.54) is 0 Å². The minimum Gasteiger partial charge on any atom is -0.445 e. The van der Waals surface area contributed by atoms with Crippen molar-refractivity contribution in [1.82, 2.24) is 15.3 Å². The Hall–Kier alpha value is -1.88. The standard InChI is InChI=1S/C12H16N4O/c1-9-4-5-12(17-9)16(3)11-6-7-14-10(15-11)8-13-2/h4-7,13H,8H2,1-3H3. The maximum absolute atomic E-state index is 5.55. The number of aromatic nitrogens is 2. The highest BCUT2D eigenvalue weighted by molar-refractivity contribution is 5.52. The number of nitrogens with one attached hydrogen (secondary N) is 1. The van der Waals surface area contributed by atoms with Gasteiger partial charge in [-0.2, -0.15) is 0 Å². The van der Waals surface area contributed by atoms with Crippen LogP contribution >= 0.6 is 0 Å². The van der Waals surface area contributed by atoms with Gasteiger partial charge in [0.1, 0.15) is 17.4 Å². The van der Waals surface area contributed by atoms with Gasteiger partial charge in [-0.05, 0) is 26.1 Å². The van der Waals surface area contributed by atoms with Crippen LogP contribution in [0.4, 0.5) is 11.7 Å². The van der Waals surface area contributed by atoms with Crippen molar-refractivity contribution in [2.75, 3.05) is 19.0 Å². The Morgan fingerprint density at radius 3 is 2.82 bits per heavy atom. The molecule has 2 aromatic heterocycles. The van der Waals surface area contributed by atoms with Crippen LogP contribution in [0.5, 0.6) is 0 Å². The van der Waals surface area contributed by atoms with E-state index in [1.807, 2.05) is 44.1 Å². The molecule has 0 unspecified atom stereocenters. The molecule has 17 heavy (non-hydrogen) atoms. The second-order valence-corrected chi connectivity index (χ2v) is 3.80. The molecule has 0 saturated carbocycles. The van der Waals surface area contributed by atoms with Crippen molar-refractivity contribution < 1.29 is 4.42 Å². The van der Waals surface area contributed by atoms with Gasteiger partial charge in [0.05, 0.1) is 6.54 Å². The number of furan rings is 1. The molecule has 0 spiro atoms. The quantitative estimate of drug-likeness (QED) is 0.872. The minimum absolute atomic E-state index is 0.652. The van der Waals surface area contributed by atoms with Crippen molar-refractivity contribution in [3.63, 3.8) is 0 Å². The van der Waals surface area contributed by atoms with Gasteiger partial charge in [-0.1, -0.05) is 0 Å². The molecule has 90 valence electrons. The Balaban J connectivity index is 2.24. The Morgan fingerprint density at radius 1 is 1.35 bits per heavy atom. The van der Waals surface area contributed by atoms with Gasteiger partial charge < -0.3 is 9.73 Å². The third-order valence-corrected chi connectivity index (χ3v) is 2.43. The molecule has 5 nitrogen and oxygen atoms in total. The SMILES string of the molecule is CNCc1nccc(N(C)c2ccc(C)o2)n1. The molecule has 0 atom stereocenters. The molecule has 0 saturated heterocycles. The van der Waals surface area contributed by atoms with Crippen molar-refractivity contribution in [2.45, 2.75) is 13.5 Å². The lowest BCUT2D eigenvalue weighted by atomic mass is 10.4. The third kappa shape index (κ3) is 2.62. The molecule has 0 amide bonds. The van der Waals surface area contributed by atoms with E-state index in [4.69, 9.17) is 4.42 Å². The number of anilines is 2. The number of hydrogen-bond acceptors (Lipinski definition) is 5. The molecule has 0 fully saturated rings. The summed E-state index contributed by atoms with van der Waals surface area (Å²) in [5, 5.41) is 3.03. The highest BCUT2D eigenvalue weighted by atomic mass is 16.4. The Morgan fingerprint density at radius 2 is 2.18 bits per heavy atom. The highest BCUT2D eigenvalue weighted by Crippen LogP contribution is 2.23. The van der Waals surface area contributed by atoms with Gasteiger partial charge in [0.25, 0.3) is 0 Å². The van der Waals surface area contributed by atoms with Gasteiger partial charge in [-0.25, -0.2) is 9.97 Å². The molecule has 0 aliphatic heterocycles. The van der Waals surface area contributed by atoms with Crippen molar-refractivity contribution in [1.29, 1.82) is 0 Å². The predicted molar refractivity (Wildman–Crippen MR) is 66.3 cm³/mol. The van der Waals surface area contributed by atoms with Crippen molar-refractivity contribution in [2.24, 2.45) is 0 Å². The van der Waals surface area contributed by atoms with E-state index >= 15 is 0 Å². The number of nitrogens with zero attached hydrogens (tertiary/aromatic N) is 3.